The molecule has 1 N–H and O–H groups in total. The van der Waals surface area contributed by atoms with Crippen LogP contribution in [0.15, 0.2) is 18.2 Å². The van der Waals surface area contributed by atoms with Crippen LogP contribution in [0.3, 0.4) is 0 Å². The summed E-state index contributed by atoms with van der Waals surface area (Å²) in [6.45, 7) is 4.06. The summed E-state index contributed by atoms with van der Waals surface area (Å²) in [5.74, 6) is 0.593. The molecular weight excluding hydrogens is 241 g/mol. The van der Waals surface area contributed by atoms with Crippen LogP contribution in [0, 0.1) is 11.7 Å². The van der Waals surface area contributed by atoms with E-state index in [0.717, 1.165) is 38.9 Å². The van der Waals surface area contributed by atoms with E-state index in [-0.39, 0.29) is 5.82 Å². The molecule has 2 aliphatic rings. The molecule has 1 aromatic rings. The second-order valence-electron chi connectivity index (χ2n) is 5.84. The van der Waals surface area contributed by atoms with Crippen LogP contribution in [0.4, 0.5) is 4.39 Å². The van der Waals surface area contributed by atoms with Crippen LogP contribution in [-0.4, -0.2) is 19.3 Å². The maximum Gasteiger partial charge on any atom is 0.123 e. The maximum atomic E-state index is 13.2. The number of hydrogen-bond donors (Lipinski definition) is 1. The van der Waals surface area contributed by atoms with Gasteiger partial charge < -0.3 is 10.1 Å². The minimum absolute atomic E-state index is 0.114. The summed E-state index contributed by atoms with van der Waals surface area (Å²) in [4.78, 5) is 0. The molecule has 1 saturated heterocycles. The first-order chi connectivity index (χ1) is 9.24. The minimum atomic E-state index is -0.114. The number of rotatable bonds is 3. The fourth-order valence-corrected chi connectivity index (χ4v) is 3.43. The lowest BCUT2D eigenvalue weighted by atomic mass is 9.92. The Labute approximate surface area is 114 Å². The third-order valence-corrected chi connectivity index (χ3v) is 4.62. The predicted octanol–water partition coefficient (Wildman–Crippen LogP) is 3.22. The zero-order valence-electron chi connectivity index (χ0n) is 11.5. The number of benzene rings is 1. The first-order valence-electron chi connectivity index (χ1n) is 7.36. The number of nitrogens with one attached hydrogen (secondary N) is 1. The molecule has 1 fully saturated rings. The zero-order chi connectivity index (χ0) is 13.2. The van der Waals surface area contributed by atoms with Crippen LogP contribution in [0.1, 0.15) is 43.4 Å². The molecule has 1 aromatic carbocycles. The van der Waals surface area contributed by atoms with E-state index < -0.39 is 0 Å². The Balaban J connectivity index is 1.65. The molecule has 0 aromatic heterocycles. The highest BCUT2D eigenvalue weighted by Crippen LogP contribution is 2.33. The Hall–Kier alpha value is -0.930. The molecule has 3 rings (SSSR count). The average molecular weight is 263 g/mol. The molecule has 1 aliphatic heterocycles. The van der Waals surface area contributed by atoms with E-state index in [1.807, 2.05) is 6.07 Å². The van der Waals surface area contributed by atoms with Gasteiger partial charge in [-0.3, -0.25) is 0 Å². The molecule has 0 radical (unpaired) electrons. The Kier molecular flexibility index (Phi) is 3.85. The monoisotopic (exact) mass is 263 g/mol. The van der Waals surface area contributed by atoms with Crippen molar-refractivity contribution < 1.29 is 9.13 Å². The molecule has 104 valence electrons. The third-order valence-electron chi connectivity index (χ3n) is 4.62. The van der Waals surface area contributed by atoms with Gasteiger partial charge in [-0.05, 0) is 61.8 Å². The number of hydrogen-bond acceptors (Lipinski definition) is 2. The van der Waals surface area contributed by atoms with Crippen molar-refractivity contribution in [1.29, 1.82) is 0 Å². The van der Waals surface area contributed by atoms with Gasteiger partial charge in [-0.2, -0.15) is 0 Å². The van der Waals surface area contributed by atoms with Gasteiger partial charge in [0.25, 0.3) is 0 Å². The normalized spacial score (nSPS) is 25.3. The van der Waals surface area contributed by atoms with Gasteiger partial charge in [0, 0.05) is 25.3 Å². The molecule has 2 atom stereocenters. The molecule has 3 heteroatoms. The Morgan fingerprint density at radius 3 is 2.84 bits per heavy atom. The van der Waals surface area contributed by atoms with E-state index in [9.17, 15) is 4.39 Å². The van der Waals surface area contributed by atoms with Crippen molar-refractivity contribution in [1.82, 2.24) is 5.32 Å². The Morgan fingerprint density at radius 2 is 2.05 bits per heavy atom. The van der Waals surface area contributed by atoms with E-state index >= 15 is 0 Å². The molecule has 0 bridgehead atoms. The topological polar surface area (TPSA) is 21.3 Å². The van der Waals surface area contributed by atoms with Crippen LogP contribution < -0.4 is 5.32 Å². The molecule has 1 heterocycles. The predicted molar refractivity (Wildman–Crippen MR) is 73.6 cm³/mol. The fourth-order valence-electron chi connectivity index (χ4n) is 3.43. The smallest absolute Gasteiger partial charge is 0.123 e. The molecule has 2 unspecified atom stereocenters. The highest BCUT2D eigenvalue weighted by Gasteiger charge is 2.27. The maximum absolute atomic E-state index is 13.2. The number of fused-ring (bicyclic) bond motifs is 1. The average Bonchev–Trinajstić information content (AvgIpc) is 2.82. The van der Waals surface area contributed by atoms with Gasteiger partial charge in [0.2, 0.25) is 0 Å². The third kappa shape index (κ3) is 2.82. The van der Waals surface area contributed by atoms with Crippen LogP contribution in [0.2, 0.25) is 0 Å². The van der Waals surface area contributed by atoms with Gasteiger partial charge in [-0.25, -0.2) is 4.39 Å². The summed E-state index contributed by atoms with van der Waals surface area (Å²) in [5, 5.41) is 3.75. The van der Waals surface area contributed by atoms with Gasteiger partial charge in [0.1, 0.15) is 5.82 Å². The van der Waals surface area contributed by atoms with Gasteiger partial charge in [0.15, 0.2) is 0 Å². The summed E-state index contributed by atoms with van der Waals surface area (Å²) in [5.41, 5.74) is 2.47. The molecular formula is C16H22FNO. The van der Waals surface area contributed by atoms with Crippen molar-refractivity contribution in [3.8, 4) is 0 Å². The molecule has 2 nitrogen and oxygen atoms in total. The SMILES string of the molecule is CC(NC1CCc2cc(F)ccc21)C1CCOCC1. The van der Waals surface area contributed by atoms with Crippen molar-refractivity contribution in [2.24, 2.45) is 5.92 Å². The van der Waals surface area contributed by atoms with Crippen LogP contribution in [0.25, 0.3) is 0 Å². The largest absolute Gasteiger partial charge is 0.381 e. The first kappa shape index (κ1) is 13.1. The van der Waals surface area contributed by atoms with Crippen LogP contribution in [-0.2, 0) is 11.2 Å². The minimum Gasteiger partial charge on any atom is -0.381 e. The van der Waals surface area contributed by atoms with E-state index in [1.165, 1.54) is 11.1 Å². The van der Waals surface area contributed by atoms with Crippen molar-refractivity contribution in [3.05, 3.63) is 35.1 Å². The Morgan fingerprint density at radius 1 is 1.26 bits per heavy atom. The van der Waals surface area contributed by atoms with Crippen molar-refractivity contribution in [2.75, 3.05) is 13.2 Å². The first-order valence-corrected chi connectivity index (χ1v) is 7.36. The molecule has 0 spiro atoms. The lowest BCUT2D eigenvalue weighted by Gasteiger charge is -2.31. The Bertz CT molecular complexity index is 442. The summed E-state index contributed by atoms with van der Waals surface area (Å²) >= 11 is 0. The van der Waals surface area contributed by atoms with Gasteiger partial charge >= 0.3 is 0 Å². The fraction of sp³-hybridized carbons (Fsp3) is 0.625. The highest BCUT2D eigenvalue weighted by atomic mass is 19.1. The van der Waals surface area contributed by atoms with Crippen LogP contribution >= 0.6 is 0 Å². The van der Waals surface area contributed by atoms with Crippen LogP contribution in [0.5, 0.6) is 0 Å². The molecule has 0 amide bonds. The van der Waals surface area contributed by atoms with Crippen molar-refractivity contribution >= 4 is 0 Å². The van der Waals surface area contributed by atoms with Crippen molar-refractivity contribution in [3.63, 3.8) is 0 Å². The quantitative estimate of drug-likeness (QED) is 0.904. The van der Waals surface area contributed by atoms with E-state index in [1.54, 1.807) is 12.1 Å². The summed E-state index contributed by atoms with van der Waals surface area (Å²) in [6.07, 6.45) is 4.38. The van der Waals surface area contributed by atoms with Gasteiger partial charge in [-0.1, -0.05) is 6.07 Å². The lowest BCUT2D eigenvalue weighted by Crippen LogP contribution is -2.38. The van der Waals surface area contributed by atoms with E-state index in [0.29, 0.717) is 18.0 Å². The lowest BCUT2D eigenvalue weighted by molar-refractivity contribution is 0.0544. The molecule has 0 saturated carbocycles. The summed E-state index contributed by atoms with van der Waals surface area (Å²) in [7, 11) is 0. The second kappa shape index (κ2) is 5.59. The molecule has 1 aliphatic carbocycles. The zero-order valence-corrected chi connectivity index (χ0v) is 11.5. The standard InChI is InChI=1S/C16H22FNO/c1-11(12-6-8-19-9-7-12)18-16-5-2-13-10-14(17)3-4-15(13)16/h3-4,10-12,16,18H,2,5-9H2,1H3. The molecule has 19 heavy (non-hydrogen) atoms. The summed E-state index contributed by atoms with van der Waals surface area (Å²) < 4.78 is 18.6. The number of ether oxygens (including phenoxy) is 1. The highest BCUT2D eigenvalue weighted by molar-refractivity contribution is 5.35. The van der Waals surface area contributed by atoms with Crippen molar-refractivity contribution in [2.45, 2.75) is 44.7 Å². The number of aryl methyl sites for hydroxylation is 1. The van der Waals surface area contributed by atoms with Gasteiger partial charge in [0.05, 0.1) is 0 Å². The summed E-state index contributed by atoms with van der Waals surface area (Å²) in [6, 6.07) is 6.12. The van der Waals surface area contributed by atoms with Gasteiger partial charge in [-0.15, -0.1) is 0 Å². The van der Waals surface area contributed by atoms with E-state index in [4.69, 9.17) is 4.74 Å². The second-order valence-corrected chi connectivity index (χ2v) is 5.84. The number of halogens is 1. The van der Waals surface area contributed by atoms with E-state index in [2.05, 4.69) is 12.2 Å².